The molecule has 0 spiro atoms. The minimum Gasteiger partial charge on any atom is -0.496 e. The zero-order chi connectivity index (χ0) is 14.0. The molecule has 0 saturated heterocycles. The summed E-state index contributed by atoms with van der Waals surface area (Å²) in [6, 6.07) is 4.80. The van der Waals surface area contributed by atoms with Crippen LogP contribution in [0.25, 0.3) is 0 Å². The summed E-state index contributed by atoms with van der Waals surface area (Å²) in [6.07, 6.45) is 2.04. The zero-order valence-electron chi connectivity index (χ0n) is 10.9. The molecule has 0 aromatic heterocycles. The fraction of sp³-hybridized carbons (Fsp3) is 0.267. The van der Waals surface area contributed by atoms with Gasteiger partial charge in [-0.25, -0.2) is 0 Å². The lowest BCUT2D eigenvalue weighted by Crippen LogP contribution is -2.22. The van der Waals surface area contributed by atoms with Crippen LogP contribution in [-0.4, -0.2) is 24.5 Å². The number of Topliss-reactive ketones (excluding diaryl/α,β-unsaturated/α-hetero) is 2. The van der Waals surface area contributed by atoms with Gasteiger partial charge in [-0.3, -0.25) is 14.4 Å². The highest BCUT2D eigenvalue weighted by Gasteiger charge is 2.31. The van der Waals surface area contributed by atoms with Crippen molar-refractivity contribution < 1.29 is 19.1 Å². The van der Waals surface area contributed by atoms with Crippen molar-refractivity contribution >= 4 is 17.3 Å². The molecule has 0 fully saturated rings. The number of hydrogen-bond acceptors (Lipinski definition) is 4. The molecule has 98 valence electrons. The molecular weight excluding hydrogens is 244 g/mol. The number of hydrogen-bond donors (Lipinski definition) is 0. The molecule has 0 bridgehead atoms. The van der Waals surface area contributed by atoms with Crippen molar-refractivity contribution in [1.82, 2.24) is 0 Å². The predicted octanol–water partition coefficient (Wildman–Crippen LogP) is 2.37. The molecule has 0 atom stereocenters. The molecule has 0 amide bonds. The molecule has 1 aliphatic carbocycles. The fourth-order valence-electron chi connectivity index (χ4n) is 2.13. The van der Waals surface area contributed by atoms with E-state index in [1.165, 1.54) is 7.11 Å². The second-order valence-corrected chi connectivity index (χ2v) is 4.31. The van der Waals surface area contributed by atoms with Crippen molar-refractivity contribution in [2.24, 2.45) is 0 Å². The van der Waals surface area contributed by atoms with Crippen LogP contribution in [0, 0.1) is 0 Å². The van der Waals surface area contributed by atoms with Gasteiger partial charge in [-0.15, -0.1) is 0 Å². The molecule has 2 rings (SSSR count). The van der Waals surface area contributed by atoms with Gasteiger partial charge >= 0.3 is 0 Å². The number of ether oxygens (including phenoxy) is 1. The first kappa shape index (κ1) is 13.2. The predicted molar refractivity (Wildman–Crippen MR) is 69.7 cm³/mol. The van der Waals surface area contributed by atoms with Crippen molar-refractivity contribution in [2.45, 2.75) is 19.8 Å². The van der Waals surface area contributed by atoms with E-state index in [1.54, 1.807) is 18.2 Å². The Balaban J connectivity index is 2.52. The molecule has 0 heterocycles. The molecule has 0 N–H and O–H groups in total. The van der Waals surface area contributed by atoms with Crippen molar-refractivity contribution in [3.05, 3.63) is 41.0 Å². The van der Waals surface area contributed by atoms with Crippen LogP contribution in [0.4, 0.5) is 0 Å². The van der Waals surface area contributed by atoms with Crippen LogP contribution in [-0.2, 0) is 4.79 Å². The lowest BCUT2D eigenvalue weighted by atomic mass is 9.86. The molecule has 4 nitrogen and oxygen atoms in total. The summed E-state index contributed by atoms with van der Waals surface area (Å²) in [5.74, 6) is -0.679. The Morgan fingerprint density at radius 1 is 1.26 bits per heavy atom. The van der Waals surface area contributed by atoms with Gasteiger partial charge in [-0.05, 0) is 12.5 Å². The summed E-state index contributed by atoms with van der Waals surface area (Å²) in [6.45, 7) is 1.85. The maximum Gasteiger partial charge on any atom is 0.197 e. The van der Waals surface area contributed by atoms with E-state index in [4.69, 9.17) is 4.74 Å². The summed E-state index contributed by atoms with van der Waals surface area (Å²) in [7, 11) is 1.44. The van der Waals surface area contributed by atoms with Crippen molar-refractivity contribution in [1.29, 1.82) is 0 Å². The van der Waals surface area contributed by atoms with Gasteiger partial charge in [0.25, 0.3) is 0 Å². The van der Waals surface area contributed by atoms with E-state index in [2.05, 4.69) is 0 Å². The number of carbonyl (C=O) groups is 3. The van der Waals surface area contributed by atoms with Crippen molar-refractivity contribution in [3.63, 3.8) is 0 Å². The third kappa shape index (κ3) is 2.21. The van der Waals surface area contributed by atoms with Gasteiger partial charge in [-0.2, -0.15) is 0 Å². The second-order valence-electron chi connectivity index (χ2n) is 4.31. The molecule has 0 radical (unpaired) electrons. The fourth-order valence-corrected chi connectivity index (χ4v) is 2.13. The highest BCUT2D eigenvalue weighted by atomic mass is 16.5. The first-order valence-corrected chi connectivity index (χ1v) is 6.11. The molecule has 1 aliphatic rings. The lowest BCUT2D eigenvalue weighted by molar-refractivity contribution is -0.115. The maximum atomic E-state index is 12.2. The smallest absolute Gasteiger partial charge is 0.197 e. The summed E-state index contributed by atoms with van der Waals surface area (Å²) in [5, 5.41) is 0. The highest BCUT2D eigenvalue weighted by molar-refractivity contribution is 6.35. The van der Waals surface area contributed by atoms with Gasteiger partial charge in [0, 0.05) is 18.1 Å². The summed E-state index contributed by atoms with van der Waals surface area (Å²) in [5.41, 5.74) is 0.460. The molecule has 1 aromatic rings. The molecule has 4 heteroatoms. The number of carbonyl (C=O) groups excluding carboxylic acids is 3. The Morgan fingerprint density at radius 2 is 2.00 bits per heavy atom. The van der Waals surface area contributed by atoms with Gasteiger partial charge in [0.05, 0.1) is 18.2 Å². The largest absolute Gasteiger partial charge is 0.496 e. The number of methoxy groups -OCH3 is 1. The minimum atomic E-state index is -0.396. The average molecular weight is 258 g/mol. The van der Waals surface area contributed by atoms with Crippen LogP contribution < -0.4 is 4.74 Å². The van der Waals surface area contributed by atoms with Crippen LogP contribution in [0.15, 0.2) is 29.8 Å². The standard InChI is InChI=1S/C15H14O4/c1-3-5-11(16)10-8-12(17)14-9(15(10)18)6-4-7-13(14)19-2/h4,6-8H,3,5H2,1-2H3. The second kappa shape index (κ2) is 5.18. The summed E-state index contributed by atoms with van der Waals surface area (Å²) >= 11 is 0. The van der Waals surface area contributed by atoms with E-state index in [0.29, 0.717) is 12.2 Å². The third-order valence-electron chi connectivity index (χ3n) is 3.03. The molecule has 0 aliphatic heterocycles. The molecule has 19 heavy (non-hydrogen) atoms. The van der Waals surface area contributed by atoms with Gasteiger partial charge < -0.3 is 4.74 Å². The third-order valence-corrected chi connectivity index (χ3v) is 3.03. The normalized spacial score (nSPS) is 13.9. The average Bonchev–Trinajstić information content (AvgIpc) is 2.42. The quantitative estimate of drug-likeness (QED) is 0.778. The van der Waals surface area contributed by atoms with Gasteiger partial charge in [0.1, 0.15) is 5.75 Å². The number of rotatable bonds is 4. The van der Waals surface area contributed by atoms with Gasteiger partial charge in [0.2, 0.25) is 0 Å². The Kier molecular flexibility index (Phi) is 3.60. The SMILES string of the molecule is CCCC(=O)C1=CC(=O)c2c(OC)cccc2C1=O. The summed E-state index contributed by atoms with van der Waals surface area (Å²) in [4.78, 5) is 36.2. The molecule has 1 aromatic carbocycles. The van der Waals surface area contributed by atoms with Crippen LogP contribution in [0.1, 0.15) is 40.5 Å². The first-order chi connectivity index (χ1) is 9.10. The van der Waals surface area contributed by atoms with Gasteiger partial charge in [-0.1, -0.05) is 19.1 Å². The number of fused-ring (bicyclic) bond motifs is 1. The van der Waals surface area contributed by atoms with Crippen molar-refractivity contribution in [3.8, 4) is 5.75 Å². The van der Waals surface area contributed by atoms with E-state index >= 15 is 0 Å². The van der Waals surface area contributed by atoms with Crippen molar-refractivity contribution in [2.75, 3.05) is 7.11 Å². The first-order valence-electron chi connectivity index (χ1n) is 6.11. The number of allylic oxidation sites excluding steroid dienone is 2. The molecule has 0 saturated carbocycles. The Bertz CT molecular complexity index is 596. The van der Waals surface area contributed by atoms with Crippen LogP contribution >= 0.6 is 0 Å². The Morgan fingerprint density at radius 3 is 2.63 bits per heavy atom. The topological polar surface area (TPSA) is 60.4 Å². The maximum absolute atomic E-state index is 12.2. The summed E-state index contributed by atoms with van der Waals surface area (Å²) < 4.78 is 5.09. The lowest BCUT2D eigenvalue weighted by Gasteiger charge is -2.16. The monoisotopic (exact) mass is 258 g/mol. The van der Waals surface area contributed by atoms with E-state index in [-0.39, 0.29) is 34.7 Å². The van der Waals surface area contributed by atoms with Crippen LogP contribution in [0.5, 0.6) is 5.75 Å². The Hall–Kier alpha value is -2.23. The number of benzene rings is 1. The van der Waals surface area contributed by atoms with Crippen LogP contribution in [0.3, 0.4) is 0 Å². The number of ketones is 3. The highest BCUT2D eigenvalue weighted by Crippen LogP contribution is 2.29. The van der Waals surface area contributed by atoms with Crippen LogP contribution in [0.2, 0.25) is 0 Å². The van der Waals surface area contributed by atoms with E-state index in [9.17, 15) is 14.4 Å². The van der Waals surface area contributed by atoms with E-state index in [0.717, 1.165) is 6.08 Å². The molecular formula is C15H14O4. The van der Waals surface area contributed by atoms with E-state index < -0.39 is 5.78 Å². The molecule has 0 unspecified atom stereocenters. The van der Waals surface area contributed by atoms with E-state index in [1.807, 2.05) is 6.92 Å². The van der Waals surface area contributed by atoms with Gasteiger partial charge in [0.15, 0.2) is 17.3 Å². The Labute approximate surface area is 111 Å². The minimum absolute atomic E-state index is 0.0207. The zero-order valence-corrected chi connectivity index (χ0v) is 10.9.